The minimum absolute atomic E-state index is 0.0291. The molecular weight excluding hydrogens is 360 g/mol. The van der Waals surface area contributed by atoms with Crippen molar-refractivity contribution in [1.82, 2.24) is 9.96 Å². The lowest BCUT2D eigenvalue weighted by Gasteiger charge is -2.32. The van der Waals surface area contributed by atoms with Crippen molar-refractivity contribution in [3.8, 4) is 0 Å². The highest BCUT2D eigenvalue weighted by Crippen LogP contribution is 2.23. The summed E-state index contributed by atoms with van der Waals surface area (Å²) >= 11 is 0. The third kappa shape index (κ3) is 3.81. The molecule has 1 saturated heterocycles. The minimum Gasteiger partial charge on any atom is -0.375 e. The van der Waals surface area contributed by atoms with E-state index in [0.29, 0.717) is 18.2 Å². The molecule has 1 atom stereocenters. The van der Waals surface area contributed by atoms with Crippen LogP contribution in [-0.2, 0) is 20.9 Å². The van der Waals surface area contributed by atoms with Gasteiger partial charge in [0.25, 0.3) is 11.8 Å². The van der Waals surface area contributed by atoms with Gasteiger partial charge in [-0.25, -0.2) is 4.79 Å². The van der Waals surface area contributed by atoms with E-state index in [0.717, 1.165) is 13.1 Å². The zero-order chi connectivity index (χ0) is 19.5. The lowest BCUT2D eigenvalue weighted by molar-refractivity contribution is -0.173. The zero-order valence-electron chi connectivity index (χ0n) is 15.2. The number of amides is 2. The van der Waals surface area contributed by atoms with Crippen molar-refractivity contribution in [1.29, 1.82) is 0 Å². The van der Waals surface area contributed by atoms with Gasteiger partial charge in [-0.3, -0.25) is 14.5 Å². The van der Waals surface area contributed by atoms with Gasteiger partial charge < -0.3 is 9.57 Å². The molecule has 0 saturated carbocycles. The van der Waals surface area contributed by atoms with Crippen molar-refractivity contribution in [2.75, 3.05) is 19.7 Å². The average molecular weight is 380 g/mol. The highest BCUT2D eigenvalue weighted by Gasteiger charge is 2.39. The van der Waals surface area contributed by atoms with E-state index in [2.05, 4.69) is 17.0 Å². The van der Waals surface area contributed by atoms with E-state index in [1.807, 2.05) is 18.2 Å². The summed E-state index contributed by atoms with van der Waals surface area (Å²) < 4.78 is 5.67. The first-order valence-electron chi connectivity index (χ1n) is 9.18. The van der Waals surface area contributed by atoms with Crippen LogP contribution in [-0.4, -0.2) is 53.5 Å². The van der Waals surface area contributed by atoms with E-state index >= 15 is 0 Å². The molecule has 7 nitrogen and oxygen atoms in total. The zero-order valence-corrected chi connectivity index (χ0v) is 15.2. The highest BCUT2D eigenvalue weighted by atomic mass is 16.7. The van der Waals surface area contributed by atoms with Crippen LogP contribution in [0.4, 0.5) is 0 Å². The smallest absolute Gasteiger partial charge is 0.335 e. The van der Waals surface area contributed by atoms with Gasteiger partial charge in [0.15, 0.2) is 0 Å². The number of nitrogens with zero attached hydrogens (tertiary/aromatic N) is 2. The maximum absolute atomic E-state index is 12.3. The van der Waals surface area contributed by atoms with E-state index < -0.39 is 17.8 Å². The molecule has 2 aliphatic rings. The average Bonchev–Trinajstić information content (AvgIpc) is 2.94. The van der Waals surface area contributed by atoms with E-state index in [1.54, 1.807) is 12.1 Å². The number of imide groups is 1. The Morgan fingerprint density at radius 3 is 2.32 bits per heavy atom. The predicted octanol–water partition coefficient (Wildman–Crippen LogP) is 2.03. The molecule has 144 valence electrons. The third-order valence-electron chi connectivity index (χ3n) is 4.82. The molecule has 0 radical (unpaired) electrons. The van der Waals surface area contributed by atoms with Gasteiger partial charge in [-0.05, 0) is 17.7 Å². The topological polar surface area (TPSA) is 76.2 Å². The molecule has 28 heavy (non-hydrogen) atoms. The summed E-state index contributed by atoms with van der Waals surface area (Å²) in [6.45, 7) is 2.64. The van der Waals surface area contributed by atoms with Gasteiger partial charge in [0.2, 0.25) is 0 Å². The normalized spacial score (nSPS) is 19.6. The molecule has 2 amide bonds. The number of hydrogen-bond acceptors (Lipinski definition) is 6. The monoisotopic (exact) mass is 380 g/mol. The van der Waals surface area contributed by atoms with Gasteiger partial charge in [-0.1, -0.05) is 47.5 Å². The number of hydrogen-bond donors (Lipinski definition) is 0. The van der Waals surface area contributed by atoms with Crippen LogP contribution in [0.5, 0.6) is 0 Å². The van der Waals surface area contributed by atoms with Gasteiger partial charge >= 0.3 is 5.97 Å². The van der Waals surface area contributed by atoms with Crippen LogP contribution in [0, 0.1) is 0 Å². The Bertz CT molecular complexity index is 864. The van der Waals surface area contributed by atoms with Crippen molar-refractivity contribution in [2.45, 2.75) is 19.1 Å². The number of ether oxygens (including phenoxy) is 1. The quantitative estimate of drug-likeness (QED) is 0.739. The Balaban J connectivity index is 1.33. The first-order valence-corrected chi connectivity index (χ1v) is 9.18. The number of rotatable bonds is 5. The number of hydroxylamine groups is 2. The molecule has 2 aliphatic heterocycles. The van der Waals surface area contributed by atoms with Crippen molar-refractivity contribution >= 4 is 17.8 Å². The first kappa shape index (κ1) is 18.3. The molecule has 1 fully saturated rings. The van der Waals surface area contributed by atoms with Crippen LogP contribution in [0.25, 0.3) is 0 Å². The molecule has 0 aromatic heterocycles. The Labute approximate surface area is 162 Å². The molecule has 0 bridgehead atoms. The molecule has 0 aliphatic carbocycles. The number of carbonyl (C=O) groups is 3. The van der Waals surface area contributed by atoms with Crippen LogP contribution in [0.15, 0.2) is 54.6 Å². The molecule has 7 heteroatoms. The van der Waals surface area contributed by atoms with E-state index in [1.165, 1.54) is 17.7 Å². The lowest BCUT2D eigenvalue weighted by Crippen LogP contribution is -2.43. The van der Waals surface area contributed by atoms with Gasteiger partial charge in [-0.15, -0.1) is 0 Å². The van der Waals surface area contributed by atoms with Crippen molar-refractivity contribution < 1.29 is 24.0 Å². The van der Waals surface area contributed by atoms with E-state index in [-0.39, 0.29) is 23.7 Å². The number of morpholine rings is 1. The molecule has 2 heterocycles. The van der Waals surface area contributed by atoms with Crippen LogP contribution in [0.3, 0.4) is 0 Å². The summed E-state index contributed by atoms with van der Waals surface area (Å²) in [5.41, 5.74) is 1.67. The fraction of sp³-hybridized carbons (Fsp3) is 0.286. The molecule has 1 unspecified atom stereocenters. The van der Waals surface area contributed by atoms with Gasteiger partial charge in [0, 0.05) is 19.6 Å². The number of benzene rings is 2. The predicted molar refractivity (Wildman–Crippen MR) is 99.1 cm³/mol. The second-order valence-corrected chi connectivity index (χ2v) is 6.83. The van der Waals surface area contributed by atoms with Gasteiger partial charge in [0.05, 0.1) is 30.3 Å². The fourth-order valence-electron chi connectivity index (χ4n) is 3.46. The summed E-state index contributed by atoms with van der Waals surface area (Å²) in [5.74, 6) is -1.91. The highest BCUT2D eigenvalue weighted by molar-refractivity contribution is 6.20. The van der Waals surface area contributed by atoms with Gasteiger partial charge in [0.1, 0.15) is 0 Å². The summed E-state index contributed by atoms with van der Waals surface area (Å²) in [6.07, 6.45) is -0.376. The van der Waals surface area contributed by atoms with Gasteiger partial charge in [-0.2, -0.15) is 0 Å². The molecule has 2 aromatic carbocycles. The van der Waals surface area contributed by atoms with E-state index in [4.69, 9.17) is 9.57 Å². The van der Waals surface area contributed by atoms with Crippen LogP contribution < -0.4 is 0 Å². The SMILES string of the molecule is O=C(CC1CN(Cc2ccccc2)CCO1)ON1C(=O)c2ccccc2C1=O. The van der Waals surface area contributed by atoms with Crippen molar-refractivity contribution in [3.05, 3.63) is 71.3 Å². The minimum atomic E-state index is -0.666. The largest absolute Gasteiger partial charge is 0.375 e. The Morgan fingerprint density at radius 1 is 1.00 bits per heavy atom. The Kier molecular flexibility index (Phi) is 5.18. The maximum Gasteiger partial charge on any atom is 0.335 e. The van der Waals surface area contributed by atoms with Crippen LogP contribution in [0.1, 0.15) is 32.7 Å². The summed E-state index contributed by atoms with van der Waals surface area (Å²) in [4.78, 5) is 44.1. The second-order valence-electron chi connectivity index (χ2n) is 6.83. The van der Waals surface area contributed by atoms with Crippen molar-refractivity contribution in [3.63, 3.8) is 0 Å². The Morgan fingerprint density at radius 2 is 1.64 bits per heavy atom. The van der Waals surface area contributed by atoms with E-state index in [9.17, 15) is 14.4 Å². The van der Waals surface area contributed by atoms with Crippen LogP contribution in [0.2, 0.25) is 0 Å². The first-order chi connectivity index (χ1) is 13.6. The molecule has 0 spiro atoms. The summed E-state index contributed by atoms with van der Waals surface area (Å²) in [7, 11) is 0. The lowest BCUT2D eigenvalue weighted by atomic mass is 10.1. The van der Waals surface area contributed by atoms with Crippen LogP contribution >= 0.6 is 0 Å². The standard InChI is InChI=1S/C21H20N2O5/c24-19(28-23-20(25)17-8-4-5-9-18(17)21(23)26)12-16-14-22(10-11-27-16)13-15-6-2-1-3-7-15/h1-9,16H,10-14H2. The number of fused-ring (bicyclic) bond motifs is 1. The molecular formula is C21H20N2O5. The Hall–Kier alpha value is -3.03. The number of carbonyl (C=O) groups excluding carboxylic acids is 3. The molecule has 4 rings (SSSR count). The maximum atomic E-state index is 12.3. The third-order valence-corrected chi connectivity index (χ3v) is 4.82. The molecule has 2 aromatic rings. The summed E-state index contributed by atoms with van der Waals surface area (Å²) in [5, 5.41) is 0.539. The second kappa shape index (κ2) is 7.92. The molecule has 0 N–H and O–H groups in total. The summed E-state index contributed by atoms with van der Waals surface area (Å²) in [6, 6.07) is 16.5. The fourth-order valence-corrected chi connectivity index (χ4v) is 3.46. The van der Waals surface area contributed by atoms with Crippen molar-refractivity contribution in [2.24, 2.45) is 0 Å².